The lowest BCUT2D eigenvalue weighted by atomic mass is 10.1. The molecular weight excluding hydrogens is 277 g/mol. The van der Waals surface area contributed by atoms with Crippen LogP contribution in [0.5, 0.6) is 0 Å². The van der Waals surface area contributed by atoms with Gasteiger partial charge in [-0.3, -0.25) is 9.59 Å². The van der Waals surface area contributed by atoms with Gasteiger partial charge >= 0.3 is 5.97 Å². The number of carbonyl (C=O) groups is 2. The van der Waals surface area contributed by atoms with E-state index in [9.17, 15) is 9.59 Å². The summed E-state index contributed by atoms with van der Waals surface area (Å²) in [4.78, 5) is 24.1. The van der Waals surface area contributed by atoms with E-state index in [0.717, 1.165) is 0 Å². The number of carbonyl (C=O) groups excluding carboxylic acids is 1. The minimum atomic E-state index is -0.952. The highest BCUT2D eigenvalue weighted by Gasteiger charge is 2.20. The SMILES string of the molecule is CC(CN(C)C(=O)c1cc(Cl)ccc1Cl)C(=O)O. The van der Waals surface area contributed by atoms with Crippen LogP contribution in [0.4, 0.5) is 0 Å². The third-order valence-electron chi connectivity index (χ3n) is 2.47. The summed E-state index contributed by atoms with van der Waals surface area (Å²) in [5.41, 5.74) is 0.268. The first-order chi connectivity index (χ1) is 8.32. The summed E-state index contributed by atoms with van der Waals surface area (Å²) in [7, 11) is 1.53. The molecule has 0 radical (unpaired) electrons. The Morgan fingerprint density at radius 3 is 2.56 bits per heavy atom. The normalized spacial score (nSPS) is 12.0. The standard InChI is InChI=1S/C12H13Cl2NO3/c1-7(12(17)18)6-15(2)11(16)9-5-8(13)3-4-10(9)14/h3-5,7H,6H2,1-2H3,(H,17,18). The molecule has 1 aromatic rings. The van der Waals surface area contributed by atoms with Gasteiger partial charge in [0, 0.05) is 18.6 Å². The van der Waals surface area contributed by atoms with Crippen molar-refractivity contribution in [2.45, 2.75) is 6.92 Å². The molecule has 0 spiro atoms. The van der Waals surface area contributed by atoms with E-state index < -0.39 is 11.9 Å². The van der Waals surface area contributed by atoms with Crippen molar-refractivity contribution in [1.29, 1.82) is 0 Å². The molecule has 1 N–H and O–H groups in total. The maximum atomic E-state index is 12.1. The highest BCUT2D eigenvalue weighted by Crippen LogP contribution is 2.22. The lowest BCUT2D eigenvalue weighted by Crippen LogP contribution is -2.33. The summed E-state index contributed by atoms with van der Waals surface area (Å²) in [5.74, 6) is -1.95. The zero-order chi connectivity index (χ0) is 13.9. The second-order valence-electron chi connectivity index (χ2n) is 4.05. The van der Waals surface area contributed by atoms with Crippen LogP contribution in [0, 0.1) is 5.92 Å². The van der Waals surface area contributed by atoms with Crippen molar-refractivity contribution in [3.05, 3.63) is 33.8 Å². The van der Waals surface area contributed by atoms with E-state index in [-0.39, 0.29) is 18.0 Å². The van der Waals surface area contributed by atoms with E-state index in [2.05, 4.69) is 0 Å². The van der Waals surface area contributed by atoms with Crippen LogP contribution in [0.1, 0.15) is 17.3 Å². The Morgan fingerprint density at radius 2 is 2.00 bits per heavy atom. The number of nitrogens with zero attached hydrogens (tertiary/aromatic N) is 1. The van der Waals surface area contributed by atoms with Crippen LogP contribution < -0.4 is 0 Å². The highest BCUT2D eigenvalue weighted by molar-refractivity contribution is 6.35. The number of benzene rings is 1. The number of aliphatic carboxylic acids is 1. The zero-order valence-corrected chi connectivity index (χ0v) is 11.5. The van der Waals surface area contributed by atoms with Crippen LogP contribution in [0.25, 0.3) is 0 Å². The molecule has 0 aliphatic rings. The molecule has 0 saturated heterocycles. The minimum Gasteiger partial charge on any atom is -0.481 e. The number of halogens is 2. The zero-order valence-electron chi connectivity index (χ0n) is 9.98. The van der Waals surface area contributed by atoms with Crippen molar-refractivity contribution in [3.8, 4) is 0 Å². The van der Waals surface area contributed by atoms with Crippen molar-refractivity contribution in [1.82, 2.24) is 4.90 Å². The Bertz CT molecular complexity index is 476. The van der Waals surface area contributed by atoms with Crippen molar-refractivity contribution in [3.63, 3.8) is 0 Å². The van der Waals surface area contributed by atoms with Crippen LogP contribution in [0.2, 0.25) is 10.0 Å². The average molecular weight is 290 g/mol. The van der Waals surface area contributed by atoms with Gasteiger partial charge in [-0.1, -0.05) is 30.1 Å². The Hall–Kier alpha value is -1.26. The van der Waals surface area contributed by atoms with Crippen LogP contribution in [0.15, 0.2) is 18.2 Å². The molecule has 6 heteroatoms. The summed E-state index contributed by atoms with van der Waals surface area (Å²) in [6.07, 6.45) is 0. The van der Waals surface area contributed by atoms with Gasteiger partial charge < -0.3 is 10.0 Å². The first kappa shape index (κ1) is 14.8. The number of rotatable bonds is 4. The molecule has 98 valence electrons. The van der Waals surface area contributed by atoms with Gasteiger partial charge in [0.05, 0.1) is 16.5 Å². The number of carboxylic acids is 1. The molecule has 0 aliphatic carbocycles. The molecule has 18 heavy (non-hydrogen) atoms. The molecule has 1 unspecified atom stereocenters. The molecule has 0 aromatic heterocycles. The van der Waals surface area contributed by atoms with Crippen LogP contribution >= 0.6 is 23.2 Å². The van der Waals surface area contributed by atoms with E-state index in [0.29, 0.717) is 10.0 Å². The molecule has 0 fully saturated rings. The van der Waals surface area contributed by atoms with Crippen molar-refractivity contribution in [2.75, 3.05) is 13.6 Å². The van der Waals surface area contributed by atoms with Crippen molar-refractivity contribution in [2.24, 2.45) is 5.92 Å². The molecular formula is C12H13Cl2NO3. The Kier molecular flexibility index (Phi) is 4.99. The summed E-state index contributed by atoms with van der Waals surface area (Å²) in [6.45, 7) is 1.64. The molecule has 0 saturated carbocycles. The van der Waals surface area contributed by atoms with Gasteiger partial charge in [0.25, 0.3) is 5.91 Å². The maximum absolute atomic E-state index is 12.1. The van der Waals surface area contributed by atoms with Crippen LogP contribution in [-0.4, -0.2) is 35.5 Å². The summed E-state index contributed by atoms with van der Waals surface area (Å²) in [5, 5.41) is 9.49. The second-order valence-corrected chi connectivity index (χ2v) is 4.89. The van der Waals surface area contributed by atoms with Gasteiger partial charge in [-0.25, -0.2) is 0 Å². The number of hydrogen-bond donors (Lipinski definition) is 1. The van der Waals surface area contributed by atoms with E-state index in [1.165, 1.54) is 31.0 Å². The summed E-state index contributed by atoms with van der Waals surface area (Å²) >= 11 is 11.7. The summed E-state index contributed by atoms with van der Waals surface area (Å²) < 4.78 is 0. The predicted octanol–water partition coefficient (Wildman–Crippen LogP) is 2.79. The molecule has 4 nitrogen and oxygen atoms in total. The topological polar surface area (TPSA) is 57.6 Å². The average Bonchev–Trinajstić information content (AvgIpc) is 2.31. The van der Waals surface area contributed by atoms with E-state index >= 15 is 0 Å². The molecule has 0 heterocycles. The van der Waals surface area contributed by atoms with E-state index in [4.69, 9.17) is 28.3 Å². The first-order valence-corrected chi connectivity index (χ1v) is 6.02. The van der Waals surface area contributed by atoms with Gasteiger partial charge in [-0.05, 0) is 18.2 Å². The lowest BCUT2D eigenvalue weighted by Gasteiger charge is -2.20. The first-order valence-electron chi connectivity index (χ1n) is 5.26. The second kappa shape index (κ2) is 6.07. The van der Waals surface area contributed by atoms with Crippen LogP contribution in [-0.2, 0) is 4.79 Å². The van der Waals surface area contributed by atoms with Gasteiger partial charge in [0.15, 0.2) is 0 Å². The van der Waals surface area contributed by atoms with Gasteiger partial charge in [-0.2, -0.15) is 0 Å². The number of amides is 1. The smallest absolute Gasteiger partial charge is 0.308 e. The fourth-order valence-electron chi connectivity index (χ4n) is 1.44. The lowest BCUT2D eigenvalue weighted by molar-refractivity contribution is -0.141. The Morgan fingerprint density at radius 1 is 1.39 bits per heavy atom. The minimum absolute atomic E-state index is 0.108. The van der Waals surface area contributed by atoms with Gasteiger partial charge in [0.2, 0.25) is 0 Å². The predicted molar refractivity (Wildman–Crippen MR) is 70.2 cm³/mol. The third kappa shape index (κ3) is 3.62. The van der Waals surface area contributed by atoms with Crippen LogP contribution in [0.3, 0.4) is 0 Å². The largest absolute Gasteiger partial charge is 0.481 e. The fourth-order valence-corrected chi connectivity index (χ4v) is 1.81. The fraction of sp³-hybridized carbons (Fsp3) is 0.333. The summed E-state index contributed by atoms with van der Waals surface area (Å²) in [6, 6.07) is 4.58. The third-order valence-corrected chi connectivity index (χ3v) is 3.04. The molecule has 0 aliphatic heterocycles. The highest BCUT2D eigenvalue weighted by atomic mass is 35.5. The van der Waals surface area contributed by atoms with Gasteiger partial charge in [-0.15, -0.1) is 0 Å². The van der Waals surface area contributed by atoms with E-state index in [1.807, 2.05) is 0 Å². The molecule has 1 atom stereocenters. The Balaban J connectivity index is 2.86. The number of hydrogen-bond acceptors (Lipinski definition) is 2. The molecule has 1 rings (SSSR count). The van der Waals surface area contributed by atoms with Crippen molar-refractivity contribution < 1.29 is 14.7 Å². The molecule has 1 amide bonds. The molecule has 1 aromatic carbocycles. The van der Waals surface area contributed by atoms with E-state index in [1.54, 1.807) is 6.07 Å². The Labute approximate surface area is 115 Å². The maximum Gasteiger partial charge on any atom is 0.308 e. The quantitative estimate of drug-likeness (QED) is 0.927. The molecule has 0 bridgehead atoms. The van der Waals surface area contributed by atoms with Gasteiger partial charge in [0.1, 0.15) is 0 Å². The van der Waals surface area contributed by atoms with Crippen molar-refractivity contribution >= 4 is 35.1 Å². The monoisotopic (exact) mass is 289 g/mol. The number of carboxylic acid groups (broad SMARTS) is 1.